The summed E-state index contributed by atoms with van der Waals surface area (Å²) in [5.74, 6) is 0. The van der Waals surface area contributed by atoms with E-state index in [0.717, 1.165) is 18.4 Å². The van der Waals surface area contributed by atoms with Gasteiger partial charge in [-0.15, -0.1) is 0 Å². The Kier molecular flexibility index (Phi) is 4.20. The van der Waals surface area contributed by atoms with E-state index in [4.69, 9.17) is 11.5 Å². The summed E-state index contributed by atoms with van der Waals surface area (Å²) in [6, 6.07) is 6.25. The van der Waals surface area contributed by atoms with Gasteiger partial charge in [-0.3, -0.25) is 10.1 Å². The molecule has 0 fully saturated rings. The number of hydrogen-bond acceptors (Lipinski definition) is 4. The van der Waals surface area contributed by atoms with Gasteiger partial charge < -0.3 is 11.5 Å². The lowest BCUT2D eigenvalue weighted by molar-refractivity contribution is -0.384. The lowest BCUT2D eigenvalue weighted by Crippen LogP contribution is -2.12. The smallest absolute Gasteiger partial charge is 0.269 e. The summed E-state index contributed by atoms with van der Waals surface area (Å²) < 4.78 is 0. The molecule has 0 aromatic heterocycles. The van der Waals surface area contributed by atoms with Gasteiger partial charge in [-0.2, -0.15) is 0 Å². The zero-order valence-electron chi connectivity index (χ0n) is 8.43. The largest absolute Gasteiger partial charge is 0.330 e. The van der Waals surface area contributed by atoms with Crippen molar-refractivity contribution in [2.24, 2.45) is 11.5 Å². The summed E-state index contributed by atoms with van der Waals surface area (Å²) in [4.78, 5) is 10.1. The van der Waals surface area contributed by atoms with Gasteiger partial charge in [-0.1, -0.05) is 12.1 Å². The molecule has 1 atom stereocenters. The van der Waals surface area contributed by atoms with Crippen molar-refractivity contribution in [3.05, 3.63) is 39.9 Å². The number of nitro groups is 1. The lowest BCUT2D eigenvalue weighted by atomic mass is 10.0. The van der Waals surface area contributed by atoms with Gasteiger partial charge in [0.05, 0.1) is 4.92 Å². The van der Waals surface area contributed by atoms with Gasteiger partial charge in [0.25, 0.3) is 5.69 Å². The maximum absolute atomic E-state index is 10.5. The molecule has 0 aliphatic rings. The van der Waals surface area contributed by atoms with Crippen LogP contribution in [0.3, 0.4) is 0 Å². The number of nitrogens with two attached hydrogens (primary N) is 2. The van der Waals surface area contributed by atoms with E-state index in [9.17, 15) is 10.1 Å². The number of nitro benzene ring substituents is 1. The van der Waals surface area contributed by atoms with Crippen molar-refractivity contribution in [2.75, 3.05) is 6.54 Å². The summed E-state index contributed by atoms with van der Waals surface area (Å²) in [5.41, 5.74) is 12.1. The van der Waals surface area contributed by atoms with Crippen LogP contribution in [0.4, 0.5) is 5.69 Å². The molecule has 1 aromatic carbocycles. The molecule has 0 aliphatic heterocycles. The monoisotopic (exact) mass is 209 g/mol. The Balaban J connectivity index is 2.76. The van der Waals surface area contributed by atoms with E-state index in [1.807, 2.05) is 0 Å². The maximum atomic E-state index is 10.5. The van der Waals surface area contributed by atoms with Crippen LogP contribution in [0.5, 0.6) is 0 Å². The van der Waals surface area contributed by atoms with Crippen LogP contribution in [-0.4, -0.2) is 11.5 Å². The Morgan fingerprint density at radius 1 is 1.47 bits per heavy atom. The molecular formula is C10H15N3O2. The van der Waals surface area contributed by atoms with E-state index in [0.29, 0.717) is 6.54 Å². The Bertz CT molecular complexity index is 341. The standard InChI is InChI=1S/C10H15N3O2/c11-6-2-5-10(12)8-3-1-4-9(7-8)13(14)15/h1,3-4,7,10H,2,5-6,11-12H2/t10-/m1/s1. The second kappa shape index (κ2) is 5.43. The zero-order valence-corrected chi connectivity index (χ0v) is 8.43. The molecule has 82 valence electrons. The first-order chi connectivity index (χ1) is 7.15. The second-order valence-electron chi connectivity index (χ2n) is 3.39. The topological polar surface area (TPSA) is 95.2 Å². The number of non-ortho nitro benzene ring substituents is 1. The molecule has 0 heterocycles. The molecular weight excluding hydrogens is 194 g/mol. The van der Waals surface area contributed by atoms with Crippen LogP contribution >= 0.6 is 0 Å². The number of benzene rings is 1. The van der Waals surface area contributed by atoms with Gasteiger partial charge in [-0.25, -0.2) is 0 Å². The van der Waals surface area contributed by atoms with Gasteiger partial charge in [0.2, 0.25) is 0 Å². The summed E-state index contributed by atoms with van der Waals surface area (Å²) in [5, 5.41) is 10.5. The molecule has 0 bridgehead atoms. The molecule has 15 heavy (non-hydrogen) atoms. The van der Waals surface area contributed by atoms with E-state index in [1.54, 1.807) is 12.1 Å². The fourth-order valence-electron chi connectivity index (χ4n) is 1.37. The third kappa shape index (κ3) is 3.30. The van der Waals surface area contributed by atoms with Crippen molar-refractivity contribution < 1.29 is 4.92 Å². The number of rotatable bonds is 5. The summed E-state index contributed by atoms with van der Waals surface area (Å²) in [6.45, 7) is 0.586. The normalized spacial score (nSPS) is 12.4. The van der Waals surface area contributed by atoms with E-state index in [1.165, 1.54) is 12.1 Å². The van der Waals surface area contributed by atoms with Crippen molar-refractivity contribution >= 4 is 5.69 Å². The van der Waals surface area contributed by atoms with Crippen molar-refractivity contribution in [1.82, 2.24) is 0 Å². The summed E-state index contributed by atoms with van der Waals surface area (Å²) >= 11 is 0. The molecule has 0 spiro atoms. The summed E-state index contributed by atoms with van der Waals surface area (Å²) in [7, 11) is 0. The quantitative estimate of drug-likeness (QED) is 0.565. The van der Waals surface area contributed by atoms with Crippen LogP contribution < -0.4 is 11.5 Å². The minimum Gasteiger partial charge on any atom is -0.330 e. The highest BCUT2D eigenvalue weighted by Crippen LogP contribution is 2.20. The lowest BCUT2D eigenvalue weighted by Gasteiger charge is -2.10. The average molecular weight is 209 g/mol. The molecule has 0 aliphatic carbocycles. The molecule has 5 nitrogen and oxygen atoms in total. The highest BCUT2D eigenvalue weighted by molar-refractivity contribution is 5.35. The molecule has 0 radical (unpaired) electrons. The van der Waals surface area contributed by atoms with Crippen LogP contribution in [0, 0.1) is 10.1 Å². The molecule has 4 N–H and O–H groups in total. The Hall–Kier alpha value is -1.46. The van der Waals surface area contributed by atoms with Gasteiger partial charge >= 0.3 is 0 Å². The minimum absolute atomic E-state index is 0.0794. The average Bonchev–Trinajstić information content (AvgIpc) is 2.26. The van der Waals surface area contributed by atoms with Crippen molar-refractivity contribution in [3.8, 4) is 0 Å². The fraction of sp³-hybridized carbons (Fsp3) is 0.400. The van der Waals surface area contributed by atoms with E-state index in [2.05, 4.69) is 0 Å². The number of hydrogen-bond donors (Lipinski definition) is 2. The maximum Gasteiger partial charge on any atom is 0.269 e. The molecule has 0 unspecified atom stereocenters. The van der Waals surface area contributed by atoms with Crippen LogP contribution in [0.25, 0.3) is 0 Å². The first-order valence-electron chi connectivity index (χ1n) is 4.85. The Morgan fingerprint density at radius 3 is 2.80 bits per heavy atom. The predicted octanol–water partition coefficient (Wildman–Crippen LogP) is 1.33. The highest BCUT2D eigenvalue weighted by atomic mass is 16.6. The van der Waals surface area contributed by atoms with Crippen molar-refractivity contribution in [3.63, 3.8) is 0 Å². The molecule has 1 rings (SSSR count). The second-order valence-corrected chi connectivity index (χ2v) is 3.39. The van der Waals surface area contributed by atoms with Gasteiger partial charge in [0.1, 0.15) is 0 Å². The van der Waals surface area contributed by atoms with Crippen LogP contribution in [0.2, 0.25) is 0 Å². The molecule has 5 heteroatoms. The van der Waals surface area contributed by atoms with Gasteiger partial charge in [0.15, 0.2) is 0 Å². The fourth-order valence-corrected chi connectivity index (χ4v) is 1.37. The van der Waals surface area contributed by atoms with E-state index >= 15 is 0 Å². The van der Waals surface area contributed by atoms with Crippen LogP contribution in [-0.2, 0) is 0 Å². The Morgan fingerprint density at radius 2 is 2.20 bits per heavy atom. The van der Waals surface area contributed by atoms with Crippen molar-refractivity contribution in [1.29, 1.82) is 0 Å². The molecule has 0 saturated carbocycles. The number of nitrogens with zero attached hydrogens (tertiary/aromatic N) is 1. The Labute approximate surface area is 88.2 Å². The van der Waals surface area contributed by atoms with Gasteiger partial charge in [0, 0.05) is 18.2 Å². The highest BCUT2D eigenvalue weighted by Gasteiger charge is 2.10. The molecule has 1 aromatic rings. The van der Waals surface area contributed by atoms with Crippen molar-refractivity contribution in [2.45, 2.75) is 18.9 Å². The first kappa shape index (κ1) is 11.6. The molecule has 0 amide bonds. The zero-order chi connectivity index (χ0) is 11.3. The summed E-state index contributed by atoms with van der Waals surface area (Å²) in [6.07, 6.45) is 1.57. The third-order valence-electron chi connectivity index (χ3n) is 2.23. The third-order valence-corrected chi connectivity index (χ3v) is 2.23. The predicted molar refractivity (Wildman–Crippen MR) is 58.3 cm³/mol. The van der Waals surface area contributed by atoms with E-state index in [-0.39, 0.29) is 11.7 Å². The van der Waals surface area contributed by atoms with Gasteiger partial charge in [-0.05, 0) is 24.9 Å². The van der Waals surface area contributed by atoms with Crippen LogP contribution in [0.15, 0.2) is 24.3 Å². The molecule has 0 saturated heterocycles. The SMILES string of the molecule is NCCC[C@@H](N)c1cccc([N+](=O)[O-])c1. The minimum atomic E-state index is -0.418. The first-order valence-corrected chi connectivity index (χ1v) is 4.85. The van der Waals surface area contributed by atoms with Crippen LogP contribution in [0.1, 0.15) is 24.4 Å². The van der Waals surface area contributed by atoms with E-state index < -0.39 is 4.92 Å².